The summed E-state index contributed by atoms with van der Waals surface area (Å²) in [4.78, 5) is 39.9. The number of carboxylic acid groups (broad SMARTS) is 1. The molecular weight excluding hydrogens is 364 g/mol. The molecule has 0 bridgehead atoms. The Kier molecular flexibility index (Phi) is 7.57. The summed E-state index contributed by atoms with van der Waals surface area (Å²) in [5, 5.41) is 11.2. The van der Waals surface area contributed by atoms with Crippen LogP contribution in [0.2, 0.25) is 0 Å². The Morgan fingerprint density at radius 2 is 1.92 bits per heavy atom. The van der Waals surface area contributed by atoms with Gasteiger partial charge in [-0.1, -0.05) is 20.3 Å². The number of sulfone groups is 1. The van der Waals surface area contributed by atoms with Gasteiger partial charge in [-0.15, -0.1) is 12.4 Å². The van der Waals surface area contributed by atoms with E-state index in [1.807, 2.05) is 6.92 Å². The highest BCUT2D eigenvalue weighted by atomic mass is 35.5. The van der Waals surface area contributed by atoms with Gasteiger partial charge in [0.2, 0.25) is 5.91 Å². The Morgan fingerprint density at radius 3 is 2.21 bits per heavy atom. The van der Waals surface area contributed by atoms with Gasteiger partial charge in [-0.3, -0.25) is 4.79 Å². The molecular formula is C13H21ClN2O7S. The summed E-state index contributed by atoms with van der Waals surface area (Å²) < 4.78 is 23.6. The molecule has 2 rings (SSSR count). The smallest absolute Gasteiger partial charge is 0.373 e. The molecule has 0 radical (unpaired) electrons. The monoisotopic (exact) mass is 384 g/mol. The Balaban J connectivity index is 0.00000123. The topological polar surface area (TPSA) is 161 Å². The van der Waals surface area contributed by atoms with Gasteiger partial charge in [0, 0.05) is 5.92 Å². The van der Waals surface area contributed by atoms with Gasteiger partial charge in [-0.25, -0.2) is 13.2 Å². The lowest BCUT2D eigenvalue weighted by atomic mass is 9.93. The standard InChI is InChI=1S/C12H20N2O5S.CO2.ClH/c1-3-6(2)9(13)10(15)14-12(11(16)17)5-20(18,19)8-4-7(8)12;2-1-3;/h6-9H,3-5,13H2,1-2H3,(H,14,15)(H,16,17);;1H/t6-,7+,8-,9-,12-;;/m0../s1. The van der Waals surface area contributed by atoms with E-state index in [2.05, 4.69) is 5.32 Å². The molecule has 24 heavy (non-hydrogen) atoms. The number of carbonyl (C=O) groups excluding carboxylic acids is 3. The predicted molar refractivity (Wildman–Crippen MR) is 83.9 cm³/mol. The second-order valence-electron chi connectivity index (χ2n) is 5.95. The molecule has 138 valence electrons. The first-order valence-electron chi connectivity index (χ1n) is 7.09. The van der Waals surface area contributed by atoms with Crippen LogP contribution in [-0.4, -0.2) is 54.1 Å². The number of nitrogens with one attached hydrogen (secondary N) is 1. The Bertz CT molecular complexity index is 632. The maximum atomic E-state index is 12.1. The van der Waals surface area contributed by atoms with Crippen molar-refractivity contribution in [3.05, 3.63) is 0 Å². The summed E-state index contributed by atoms with van der Waals surface area (Å²) in [5.74, 6) is -3.06. The predicted octanol–water partition coefficient (Wildman–Crippen LogP) is -1.05. The molecule has 4 N–H and O–H groups in total. The zero-order valence-electron chi connectivity index (χ0n) is 13.2. The van der Waals surface area contributed by atoms with Crippen LogP contribution in [0.15, 0.2) is 0 Å². The molecule has 2 aliphatic rings. The number of rotatable bonds is 5. The summed E-state index contributed by atoms with van der Waals surface area (Å²) in [7, 11) is -3.44. The van der Waals surface area contributed by atoms with Gasteiger partial charge in [-0.2, -0.15) is 9.59 Å². The minimum atomic E-state index is -3.44. The third-order valence-electron chi connectivity index (χ3n) is 4.54. The molecule has 0 aromatic carbocycles. The fourth-order valence-corrected chi connectivity index (χ4v) is 5.33. The van der Waals surface area contributed by atoms with Crippen LogP contribution in [0.4, 0.5) is 0 Å². The molecule has 1 saturated carbocycles. The van der Waals surface area contributed by atoms with E-state index < -0.39 is 50.2 Å². The largest absolute Gasteiger partial charge is 0.479 e. The average Bonchev–Trinajstić information content (AvgIpc) is 3.23. The van der Waals surface area contributed by atoms with Crippen molar-refractivity contribution in [1.29, 1.82) is 0 Å². The van der Waals surface area contributed by atoms with E-state index in [4.69, 9.17) is 15.3 Å². The van der Waals surface area contributed by atoms with Crippen molar-refractivity contribution in [3.8, 4) is 0 Å². The molecule has 9 nitrogen and oxygen atoms in total. The third kappa shape index (κ3) is 4.13. The lowest BCUT2D eigenvalue weighted by molar-refractivity contribution is -0.191. The van der Waals surface area contributed by atoms with E-state index in [1.54, 1.807) is 6.92 Å². The lowest BCUT2D eigenvalue weighted by Gasteiger charge is -2.29. The summed E-state index contributed by atoms with van der Waals surface area (Å²) in [6.45, 7) is 3.67. The lowest BCUT2D eigenvalue weighted by Crippen LogP contribution is -2.61. The number of fused-ring (bicyclic) bond motifs is 1. The number of amides is 1. The van der Waals surface area contributed by atoms with E-state index in [9.17, 15) is 23.1 Å². The second-order valence-corrected chi connectivity index (χ2v) is 8.17. The summed E-state index contributed by atoms with van der Waals surface area (Å²) in [6.07, 6.45) is 1.23. The van der Waals surface area contributed by atoms with Crippen LogP contribution in [0.1, 0.15) is 26.7 Å². The number of carbonyl (C=O) groups is 2. The second kappa shape index (κ2) is 8.06. The number of hydrogen-bond donors (Lipinski definition) is 3. The molecule has 5 atom stereocenters. The van der Waals surface area contributed by atoms with Crippen LogP contribution in [0.25, 0.3) is 0 Å². The highest BCUT2D eigenvalue weighted by Gasteiger charge is 2.70. The van der Waals surface area contributed by atoms with Gasteiger partial charge in [0.05, 0.1) is 17.0 Å². The van der Waals surface area contributed by atoms with Crippen LogP contribution in [0.3, 0.4) is 0 Å². The minimum Gasteiger partial charge on any atom is -0.479 e. The first-order chi connectivity index (χ1) is 10.6. The summed E-state index contributed by atoms with van der Waals surface area (Å²) in [6, 6.07) is -0.836. The van der Waals surface area contributed by atoms with Crippen molar-refractivity contribution in [3.63, 3.8) is 0 Å². The van der Waals surface area contributed by atoms with E-state index in [1.165, 1.54) is 0 Å². The highest BCUT2D eigenvalue weighted by Crippen LogP contribution is 2.52. The molecule has 0 unspecified atom stereocenters. The van der Waals surface area contributed by atoms with Crippen molar-refractivity contribution in [2.75, 3.05) is 5.75 Å². The zero-order chi connectivity index (χ0) is 18.0. The van der Waals surface area contributed by atoms with Crippen LogP contribution >= 0.6 is 12.4 Å². The third-order valence-corrected chi connectivity index (χ3v) is 6.84. The fraction of sp³-hybridized carbons (Fsp3) is 0.769. The Morgan fingerprint density at radius 1 is 1.42 bits per heavy atom. The number of hydrogen-bond acceptors (Lipinski definition) is 7. The average molecular weight is 385 g/mol. The molecule has 1 heterocycles. The fourth-order valence-electron chi connectivity index (χ4n) is 2.84. The maximum Gasteiger partial charge on any atom is 0.373 e. The number of carboxylic acids is 1. The number of halogens is 1. The van der Waals surface area contributed by atoms with Crippen molar-refractivity contribution in [2.24, 2.45) is 17.6 Å². The molecule has 0 spiro atoms. The van der Waals surface area contributed by atoms with Crippen molar-refractivity contribution in [1.82, 2.24) is 5.32 Å². The number of nitrogens with two attached hydrogens (primary N) is 1. The molecule has 2 fully saturated rings. The van der Waals surface area contributed by atoms with E-state index in [0.717, 1.165) is 0 Å². The molecule has 1 amide bonds. The van der Waals surface area contributed by atoms with Gasteiger partial charge < -0.3 is 16.2 Å². The molecule has 1 aliphatic heterocycles. The van der Waals surface area contributed by atoms with Gasteiger partial charge >= 0.3 is 12.1 Å². The van der Waals surface area contributed by atoms with E-state index in [0.29, 0.717) is 12.8 Å². The van der Waals surface area contributed by atoms with Crippen LogP contribution in [0.5, 0.6) is 0 Å². The SMILES string of the molecule is CC[C@H](C)[C@H](N)C(=O)N[C@@]1(C(=O)O)CS(=O)(=O)[C@H]2C[C@H]21.Cl.O=C=O. The van der Waals surface area contributed by atoms with Gasteiger partial charge in [0.15, 0.2) is 15.4 Å². The van der Waals surface area contributed by atoms with Crippen molar-refractivity contribution >= 4 is 40.3 Å². The quantitative estimate of drug-likeness (QED) is 0.541. The van der Waals surface area contributed by atoms with Crippen molar-refractivity contribution < 1.29 is 32.7 Å². The Labute approximate surface area is 145 Å². The van der Waals surface area contributed by atoms with Gasteiger partial charge in [-0.05, 0) is 12.3 Å². The molecule has 0 aromatic rings. The number of aliphatic carboxylic acids is 1. The maximum absolute atomic E-state index is 12.1. The molecule has 0 aromatic heterocycles. The van der Waals surface area contributed by atoms with E-state index >= 15 is 0 Å². The van der Waals surface area contributed by atoms with Gasteiger partial charge in [0.25, 0.3) is 0 Å². The van der Waals surface area contributed by atoms with Crippen LogP contribution in [-0.2, 0) is 29.0 Å². The van der Waals surface area contributed by atoms with Crippen molar-refractivity contribution in [2.45, 2.75) is 43.5 Å². The molecule has 11 heteroatoms. The Hall–Kier alpha value is -1.48. The normalized spacial score (nSPS) is 31.0. The van der Waals surface area contributed by atoms with Gasteiger partial charge in [0.1, 0.15) is 0 Å². The zero-order valence-corrected chi connectivity index (χ0v) is 14.9. The molecule has 1 saturated heterocycles. The highest BCUT2D eigenvalue weighted by molar-refractivity contribution is 7.92. The van der Waals surface area contributed by atoms with Crippen LogP contribution in [0, 0.1) is 11.8 Å². The summed E-state index contributed by atoms with van der Waals surface area (Å²) >= 11 is 0. The van der Waals surface area contributed by atoms with E-state index in [-0.39, 0.29) is 24.5 Å². The first kappa shape index (κ1) is 22.5. The summed E-state index contributed by atoms with van der Waals surface area (Å²) in [5.41, 5.74) is 4.08. The minimum absolute atomic E-state index is 0. The first-order valence-corrected chi connectivity index (χ1v) is 8.80. The molecule has 1 aliphatic carbocycles. The van der Waals surface area contributed by atoms with Crippen LogP contribution < -0.4 is 11.1 Å².